The fourth-order valence-corrected chi connectivity index (χ4v) is 2.82. The fraction of sp³-hybridized carbons (Fsp3) is 0.533. The van der Waals surface area contributed by atoms with Gasteiger partial charge in [-0.25, -0.2) is 0 Å². The van der Waals surface area contributed by atoms with E-state index >= 15 is 0 Å². The van der Waals surface area contributed by atoms with Crippen molar-refractivity contribution in [3.05, 3.63) is 29.3 Å². The average Bonchev–Trinajstić information content (AvgIpc) is 2.84. The average molecular weight is 262 g/mol. The molecule has 1 aliphatic heterocycles. The monoisotopic (exact) mass is 262 g/mol. The van der Waals surface area contributed by atoms with Crippen molar-refractivity contribution >= 4 is 11.7 Å². The van der Waals surface area contributed by atoms with E-state index in [1.165, 1.54) is 16.8 Å². The third kappa shape index (κ3) is 3.26. The van der Waals surface area contributed by atoms with Crippen molar-refractivity contribution in [1.29, 1.82) is 0 Å². The van der Waals surface area contributed by atoms with E-state index in [2.05, 4.69) is 42.3 Å². The molecule has 1 unspecified atom stereocenters. The van der Waals surface area contributed by atoms with Crippen molar-refractivity contribution in [2.45, 2.75) is 32.7 Å². The number of nitrogens with zero attached hydrogens (tertiary/aromatic N) is 1. The number of rotatable bonds is 5. The van der Waals surface area contributed by atoms with Gasteiger partial charge in [-0.1, -0.05) is 25.1 Å². The number of anilines is 1. The molecule has 0 radical (unpaired) electrons. The quantitative estimate of drug-likeness (QED) is 0.850. The first-order valence-electron chi connectivity index (χ1n) is 6.90. The molecule has 1 aliphatic rings. The summed E-state index contributed by atoms with van der Waals surface area (Å²) in [7, 11) is 0. The van der Waals surface area contributed by atoms with E-state index in [9.17, 15) is 4.79 Å². The van der Waals surface area contributed by atoms with Crippen LogP contribution in [0.15, 0.2) is 18.2 Å². The van der Waals surface area contributed by atoms with Gasteiger partial charge in [-0.3, -0.25) is 4.79 Å². The molecule has 1 saturated heterocycles. The smallest absolute Gasteiger partial charge is 0.317 e. The Morgan fingerprint density at radius 1 is 1.53 bits per heavy atom. The van der Waals surface area contributed by atoms with E-state index in [1.807, 2.05) is 0 Å². The SMILES string of the molecule is CCc1cccc(C)c1N1CCC(NCC(=O)O)C1. The van der Waals surface area contributed by atoms with Crippen LogP contribution in [0.2, 0.25) is 0 Å². The van der Waals surface area contributed by atoms with E-state index in [-0.39, 0.29) is 12.6 Å². The zero-order valence-electron chi connectivity index (χ0n) is 11.6. The largest absolute Gasteiger partial charge is 0.480 e. The van der Waals surface area contributed by atoms with Crippen LogP contribution in [0.4, 0.5) is 5.69 Å². The molecule has 0 spiro atoms. The molecule has 0 bridgehead atoms. The Kier molecular flexibility index (Phi) is 4.43. The van der Waals surface area contributed by atoms with Crippen LogP contribution < -0.4 is 10.2 Å². The van der Waals surface area contributed by atoms with Crippen molar-refractivity contribution in [3.8, 4) is 0 Å². The number of hydrogen-bond acceptors (Lipinski definition) is 3. The molecule has 1 heterocycles. The Balaban J connectivity index is 2.06. The highest BCUT2D eigenvalue weighted by Gasteiger charge is 2.24. The highest BCUT2D eigenvalue weighted by molar-refractivity contribution is 5.69. The van der Waals surface area contributed by atoms with Crippen LogP contribution in [-0.2, 0) is 11.2 Å². The van der Waals surface area contributed by atoms with Gasteiger partial charge in [0.05, 0.1) is 6.54 Å². The van der Waals surface area contributed by atoms with Crippen LogP contribution >= 0.6 is 0 Å². The molecule has 0 saturated carbocycles. The van der Waals surface area contributed by atoms with Gasteiger partial charge in [0.2, 0.25) is 0 Å². The molecule has 0 amide bonds. The minimum Gasteiger partial charge on any atom is -0.480 e. The lowest BCUT2D eigenvalue weighted by molar-refractivity contribution is -0.136. The second-order valence-corrected chi connectivity index (χ2v) is 5.14. The molecule has 1 aromatic carbocycles. The Hall–Kier alpha value is -1.55. The van der Waals surface area contributed by atoms with Gasteiger partial charge in [-0.15, -0.1) is 0 Å². The number of carboxylic acids is 1. The fourth-order valence-electron chi connectivity index (χ4n) is 2.82. The van der Waals surface area contributed by atoms with Crippen molar-refractivity contribution < 1.29 is 9.90 Å². The third-order valence-corrected chi connectivity index (χ3v) is 3.75. The zero-order valence-corrected chi connectivity index (χ0v) is 11.6. The Morgan fingerprint density at radius 3 is 3.00 bits per heavy atom. The highest BCUT2D eigenvalue weighted by atomic mass is 16.4. The molecule has 0 aromatic heterocycles. The standard InChI is InChI=1S/C15H22N2O2/c1-3-12-6-4-5-11(2)15(12)17-8-7-13(10-17)16-9-14(18)19/h4-6,13,16H,3,7-10H2,1-2H3,(H,18,19). The number of aliphatic carboxylic acids is 1. The summed E-state index contributed by atoms with van der Waals surface area (Å²) in [5, 5.41) is 11.8. The second kappa shape index (κ2) is 6.06. The van der Waals surface area contributed by atoms with E-state index in [4.69, 9.17) is 5.11 Å². The number of nitrogens with one attached hydrogen (secondary N) is 1. The summed E-state index contributed by atoms with van der Waals surface area (Å²) >= 11 is 0. The van der Waals surface area contributed by atoms with Gasteiger partial charge < -0.3 is 15.3 Å². The summed E-state index contributed by atoms with van der Waals surface area (Å²) in [5.41, 5.74) is 4.02. The second-order valence-electron chi connectivity index (χ2n) is 5.14. The molecule has 4 heteroatoms. The van der Waals surface area contributed by atoms with E-state index < -0.39 is 5.97 Å². The van der Waals surface area contributed by atoms with Crippen LogP contribution in [0, 0.1) is 6.92 Å². The number of hydrogen-bond donors (Lipinski definition) is 2. The molecular weight excluding hydrogens is 240 g/mol. The lowest BCUT2D eigenvalue weighted by Gasteiger charge is -2.24. The molecule has 2 N–H and O–H groups in total. The van der Waals surface area contributed by atoms with Gasteiger partial charge in [-0.2, -0.15) is 0 Å². The molecule has 4 nitrogen and oxygen atoms in total. The summed E-state index contributed by atoms with van der Waals surface area (Å²) < 4.78 is 0. The minimum absolute atomic E-state index is 0.0485. The Morgan fingerprint density at radius 2 is 2.32 bits per heavy atom. The normalized spacial score (nSPS) is 18.8. The van der Waals surface area contributed by atoms with Crippen LogP contribution in [0.25, 0.3) is 0 Å². The summed E-state index contributed by atoms with van der Waals surface area (Å²) in [6.45, 7) is 6.26. The third-order valence-electron chi connectivity index (χ3n) is 3.75. The van der Waals surface area contributed by atoms with E-state index in [1.54, 1.807) is 0 Å². The summed E-state index contributed by atoms with van der Waals surface area (Å²) in [5.74, 6) is -0.788. The predicted octanol–water partition coefficient (Wildman–Crippen LogP) is 1.81. The number of benzene rings is 1. The van der Waals surface area contributed by atoms with Crippen LogP contribution in [0.1, 0.15) is 24.5 Å². The highest BCUT2D eigenvalue weighted by Crippen LogP contribution is 2.28. The van der Waals surface area contributed by atoms with Gasteiger partial charge in [0, 0.05) is 24.8 Å². The van der Waals surface area contributed by atoms with Crippen molar-refractivity contribution in [1.82, 2.24) is 5.32 Å². The number of carboxylic acid groups (broad SMARTS) is 1. The van der Waals surface area contributed by atoms with Gasteiger partial charge in [0.25, 0.3) is 0 Å². The van der Waals surface area contributed by atoms with E-state index in [0.29, 0.717) is 0 Å². The molecular formula is C15H22N2O2. The van der Waals surface area contributed by atoms with Gasteiger partial charge in [-0.05, 0) is 30.9 Å². The number of para-hydroxylation sites is 1. The first-order valence-corrected chi connectivity index (χ1v) is 6.90. The van der Waals surface area contributed by atoms with E-state index in [0.717, 1.165) is 25.9 Å². The zero-order chi connectivity index (χ0) is 13.8. The van der Waals surface area contributed by atoms with Crippen molar-refractivity contribution in [2.24, 2.45) is 0 Å². The molecule has 1 atom stereocenters. The maximum absolute atomic E-state index is 10.6. The van der Waals surface area contributed by atoms with Gasteiger partial charge in [0.15, 0.2) is 0 Å². The predicted molar refractivity (Wildman–Crippen MR) is 76.8 cm³/mol. The molecule has 1 fully saturated rings. The molecule has 2 rings (SSSR count). The maximum Gasteiger partial charge on any atom is 0.317 e. The molecule has 104 valence electrons. The van der Waals surface area contributed by atoms with Crippen LogP contribution in [0.5, 0.6) is 0 Å². The van der Waals surface area contributed by atoms with Crippen molar-refractivity contribution in [3.63, 3.8) is 0 Å². The van der Waals surface area contributed by atoms with Crippen LogP contribution in [0.3, 0.4) is 0 Å². The summed E-state index contributed by atoms with van der Waals surface area (Å²) in [6, 6.07) is 6.71. The number of aryl methyl sites for hydroxylation is 2. The molecule has 0 aliphatic carbocycles. The Bertz CT molecular complexity index is 459. The van der Waals surface area contributed by atoms with Gasteiger partial charge >= 0.3 is 5.97 Å². The first kappa shape index (κ1) is 13.9. The Labute approximate surface area is 114 Å². The lowest BCUT2D eigenvalue weighted by Crippen LogP contribution is -2.36. The van der Waals surface area contributed by atoms with Crippen molar-refractivity contribution in [2.75, 3.05) is 24.5 Å². The maximum atomic E-state index is 10.6. The topological polar surface area (TPSA) is 52.6 Å². The first-order chi connectivity index (χ1) is 9.11. The number of carbonyl (C=O) groups is 1. The van der Waals surface area contributed by atoms with Crippen LogP contribution in [-0.4, -0.2) is 36.8 Å². The van der Waals surface area contributed by atoms with Gasteiger partial charge in [0.1, 0.15) is 0 Å². The molecule has 19 heavy (non-hydrogen) atoms. The lowest BCUT2D eigenvalue weighted by atomic mass is 10.0. The summed E-state index contributed by atoms with van der Waals surface area (Å²) in [4.78, 5) is 13.0. The minimum atomic E-state index is -0.788. The molecule has 1 aromatic rings. The summed E-state index contributed by atoms with van der Waals surface area (Å²) in [6.07, 6.45) is 2.03.